The molecule has 1 rings (SSSR count). The normalized spacial score (nSPS) is 11.9. The van der Waals surface area contributed by atoms with Crippen molar-refractivity contribution in [2.24, 2.45) is 5.73 Å². The first-order valence-electron chi connectivity index (χ1n) is 6.63. The molecule has 1 aromatic carbocycles. The first-order valence-corrected chi connectivity index (χ1v) is 7.42. The highest BCUT2D eigenvalue weighted by Gasteiger charge is 2.17. The molecule has 0 heterocycles. The summed E-state index contributed by atoms with van der Waals surface area (Å²) in [5.74, 6) is -1.62. The van der Waals surface area contributed by atoms with Gasteiger partial charge in [0.05, 0.1) is 6.61 Å². The largest absolute Gasteiger partial charge is 0.463 e. The third-order valence-corrected chi connectivity index (χ3v) is 3.14. The molecule has 3 N–H and O–H groups in total. The Hall–Kier alpha value is -2.15. The molecule has 0 saturated heterocycles. The fourth-order valence-electron chi connectivity index (χ4n) is 1.61. The second kappa shape index (κ2) is 8.99. The maximum Gasteiger partial charge on any atom is 0.330 e. The molecule has 22 heavy (non-hydrogen) atoms. The summed E-state index contributed by atoms with van der Waals surface area (Å²) in [7, 11) is 0. The van der Waals surface area contributed by atoms with Crippen LogP contribution in [0.2, 0.25) is 0 Å². The number of hydrogen-bond donors (Lipinski definition) is 2. The predicted octanol–water partition coefficient (Wildman–Crippen LogP) is 1.54. The minimum absolute atomic E-state index is 0.105. The Morgan fingerprint density at radius 2 is 2.14 bits per heavy atom. The van der Waals surface area contributed by atoms with Crippen LogP contribution >= 0.6 is 15.9 Å². The van der Waals surface area contributed by atoms with E-state index in [1.165, 1.54) is 12.2 Å². The summed E-state index contributed by atoms with van der Waals surface area (Å²) >= 11 is 3.26. The lowest BCUT2D eigenvalue weighted by Crippen LogP contribution is -2.44. The van der Waals surface area contributed by atoms with Crippen LogP contribution in [0.3, 0.4) is 0 Å². The maximum absolute atomic E-state index is 12.1. The molecule has 6 nitrogen and oxygen atoms in total. The molecule has 2 amide bonds. The average Bonchev–Trinajstić information content (AvgIpc) is 2.46. The van der Waals surface area contributed by atoms with E-state index < -0.39 is 23.8 Å². The molecule has 0 unspecified atom stereocenters. The van der Waals surface area contributed by atoms with Crippen LogP contribution in [0.25, 0.3) is 0 Å². The van der Waals surface area contributed by atoms with Crippen molar-refractivity contribution in [2.75, 3.05) is 6.61 Å². The topological polar surface area (TPSA) is 98.5 Å². The van der Waals surface area contributed by atoms with E-state index in [2.05, 4.69) is 21.2 Å². The summed E-state index contributed by atoms with van der Waals surface area (Å²) in [6.07, 6.45) is 2.74. The Kier molecular flexibility index (Phi) is 7.31. The van der Waals surface area contributed by atoms with Gasteiger partial charge in [0.25, 0.3) is 5.91 Å². The van der Waals surface area contributed by atoms with E-state index >= 15 is 0 Å². The van der Waals surface area contributed by atoms with E-state index in [0.29, 0.717) is 5.56 Å². The minimum Gasteiger partial charge on any atom is -0.463 e. The van der Waals surface area contributed by atoms with Gasteiger partial charge in [0, 0.05) is 16.1 Å². The number of ether oxygens (including phenoxy) is 1. The van der Waals surface area contributed by atoms with Crippen molar-refractivity contribution in [3.05, 3.63) is 46.5 Å². The van der Waals surface area contributed by atoms with E-state index in [9.17, 15) is 14.4 Å². The molecule has 0 aromatic heterocycles. The molecule has 0 aliphatic carbocycles. The highest BCUT2D eigenvalue weighted by molar-refractivity contribution is 9.10. The first kappa shape index (κ1) is 17.9. The van der Waals surface area contributed by atoms with Crippen LogP contribution in [0.5, 0.6) is 0 Å². The fourth-order valence-corrected chi connectivity index (χ4v) is 2.01. The molecule has 0 saturated carbocycles. The number of nitrogens with one attached hydrogen (secondary N) is 1. The molecular formula is C15H17BrN2O4. The Morgan fingerprint density at radius 3 is 2.73 bits per heavy atom. The summed E-state index contributed by atoms with van der Waals surface area (Å²) in [4.78, 5) is 34.6. The number of carbonyl (C=O) groups is 3. The maximum atomic E-state index is 12.1. The number of benzene rings is 1. The number of rotatable bonds is 7. The van der Waals surface area contributed by atoms with Crippen molar-refractivity contribution in [3.8, 4) is 0 Å². The van der Waals surface area contributed by atoms with Gasteiger partial charge in [0.1, 0.15) is 6.04 Å². The van der Waals surface area contributed by atoms with E-state index in [4.69, 9.17) is 10.5 Å². The van der Waals surface area contributed by atoms with Crippen LogP contribution in [0.1, 0.15) is 23.7 Å². The second-order valence-electron chi connectivity index (χ2n) is 4.33. The highest BCUT2D eigenvalue weighted by atomic mass is 79.9. The number of carbonyl (C=O) groups excluding carboxylic acids is 3. The Bertz CT molecular complexity index is 587. The van der Waals surface area contributed by atoms with Crippen LogP contribution in [-0.4, -0.2) is 30.4 Å². The standard InChI is InChI=1S/C15H17BrN2O4/c1-2-22-13(19)8-4-7-12(14(17)20)18-15(21)10-5-3-6-11(16)9-10/h3-6,8-9,12H,2,7H2,1H3,(H2,17,20)(H,18,21)/b8-4+/t12-/m1/s1. The molecular weight excluding hydrogens is 352 g/mol. The highest BCUT2D eigenvalue weighted by Crippen LogP contribution is 2.11. The van der Waals surface area contributed by atoms with E-state index in [-0.39, 0.29) is 13.0 Å². The summed E-state index contributed by atoms with van der Waals surface area (Å²) in [5, 5.41) is 2.53. The van der Waals surface area contributed by atoms with Gasteiger partial charge in [-0.3, -0.25) is 9.59 Å². The number of esters is 1. The molecule has 1 atom stereocenters. The van der Waals surface area contributed by atoms with Crippen molar-refractivity contribution in [1.82, 2.24) is 5.32 Å². The third-order valence-electron chi connectivity index (χ3n) is 2.65. The van der Waals surface area contributed by atoms with E-state index in [1.807, 2.05) is 0 Å². The van der Waals surface area contributed by atoms with Gasteiger partial charge in [-0.1, -0.05) is 28.1 Å². The molecule has 7 heteroatoms. The fraction of sp³-hybridized carbons (Fsp3) is 0.267. The van der Waals surface area contributed by atoms with Crippen LogP contribution in [0.15, 0.2) is 40.9 Å². The third kappa shape index (κ3) is 6.09. The van der Waals surface area contributed by atoms with Gasteiger partial charge < -0.3 is 15.8 Å². The van der Waals surface area contributed by atoms with Crippen LogP contribution in [-0.2, 0) is 14.3 Å². The van der Waals surface area contributed by atoms with E-state index in [0.717, 1.165) is 4.47 Å². The van der Waals surface area contributed by atoms with Crippen LogP contribution in [0.4, 0.5) is 0 Å². The van der Waals surface area contributed by atoms with Gasteiger partial charge in [-0.25, -0.2) is 4.79 Å². The average molecular weight is 369 g/mol. The van der Waals surface area contributed by atoms with Gasteiger partial charge in [-0.15, -0.1) is 0 Å². The first-order chi connectivity index (χ1) is 10.4. The number of hydrogen-bond acceptors (Lipinski definition) is 4. The van der Waals surface area contributed by atoms with Gasteiger partial charge in [-0.05, 0) is 31.5 Å². The van der Waals surface area contributed by atoms with Crippen molar-refractivity contribution < 1.29 is 19.1 Å². The number of halogens is 1. The lowest BCUT2D eigenvalue weighted by Gasteiger charge is -2.13. The van der Waals surface area contributed by atoms with Gasteiger partial charge >= 0.3 is 5.97 Å². The van der Waals surface area contributed by atoms with Crippen molar-refractivity contribution in [1.29, 1.82) is 0 Å². The lowest BCUT2D eigenvalue weighted by molar-refractivity contribution is -0.137. The monoisotopic (exact) mass is 368 g/mol. The summed E-state index contributed by atoms with van der Waals surface area (Å²) < 4.78 is 5.46. The zero-order valence-corrected chi connectivity index (χ0v) is 13.6. The Labute approximate surface area is 136 Å². The van der Waals surface area contributed by atoms with Gasteiger partial charge in [-0.2, -0.15) is 0 Å². The smallest absolute Gasteiger partial charge is 0.330 e. The van der Waals surface area contributed by atoms with Crippen molar-refractivity contribution >= 4 is 33.7 Å². The number of nitrogens with two attached hydrogens (primary N) is 1. The quantitative estimate of drug-likeness (QED) is 0.563. The van der Waals surface area contributed by atoms with Crippen LogP contribution < -0.4 is 11.1 Å². The molecule has 1 aromatic rings. The Balaban J connectivity index is 2.66. The zero-order valence-electron chi connectivity index (χ0n) is 12.0. The second-order valence-corrected chi connectivity index (χ2v) is 5.24. The predicted molar refractivity (Wildman–Crippen MR) is 85.0 cm³/mol. The SMILES string of the molecule is CCOC(=O)/C=C/C[C@@H](NC(=O)c1cccc(Br)c1)C(N)=O. The Morgan fingerprint density at radius 1 is 1.41 bits per heavy atom. The minimum atomic E-state index is -0.905. The molecule has 0 spiro atoms. The van der Waals surface area contributed by atoms with Crippen LogP contribution in [0, 0.1) is 0 Å². The molecule has 0 fully saturated rings. The van der Waals surface area contributed by atoms with Crippen molar-refractivity contribution in [3.63, 3.8) is 0 Å². The number of primary amides is 1. The molecule has 0 aliphatic heterocycles. The number of amides is 2. The van der Waals surface area contributed by atoms with Gasteiger partial charge in [0.2, 0.25) is 5.91 Å². The zero-order chi connectivity index (χ0) is 16.5. The summed E-state index contributed by atoms with van der Waals surface area (Å²) in [6.45, 7) is 1.96. The molecule has 0 bridgehead atoms. The van der Waals surface area contributed by atoms with E-state index in [1.54, 1.807) is 31.2 Å². The lowest BCUT2D eigenvalue weighted by atomic mass is 10.1. The molecule has 0 radical (unpaired) electrons. The van der Waals surface area contributed by atoms with Crippen molar-refractivity contribution in [2.45, 2.75) is 19.4 Å². The van der Waals surface area contributed by atoms with Gasteiger partial charge in [0.15, 0.2) is 0 Å². The molecule has 118 valence electrons. The summed E-state index contributed by atoms with van der Waals surface area (Å²) in [5.41, 5.74) is 5.65. The summed E-state index contributed by atoms with van der Waals surface area (Å²) in [6, 6.07) is 5.83. The molecule has 0 aliphatic rings.